The highest BCUT2D eigenvalue weighted by Gasteiger charge is 2.23. The van der Waals surface area contributed by atoms with Crippen molar-refractivity contribution in [2.75, 3.05) is 6.54 Å². The molecule has 1 aliphatic heterocycles. The molecule has 0 fully saturated rings. The van der Waals surface area contributed by atoms with E-state index in [2.05, 4.69) is 22.1 Å². The predicted octanol–water partition coefficient (Wildman–Crippen LogP) is 3.38. The van der Waals surface area contributed by atoms with Crippen molar-refractivity contribution in [3.8, 4) is 0 Å². The Labute approximate surface area is 177 Å². The van der Waals surface area contributed by atoms with Crippen LogP contribution >= 0.6 is 11.6 Å². The number of hydrogen-bond donors (Lipinski definition) is 1. The van der Waals surface area contributed by atoms with Crippen LogP contribution in [-0.2, 0) is 19.4 Å². The van der Waals surface area contributed by atoms with Crippen molar-refractivity contribution in [3.05, 3.63) is 74.3 Å². The monoisotopic (exact) mass is 421 g/mol. The van der Waals surface area contributed by atoms with Gasteiger partial charge in [-0.1, -0.05) is 30.7 Å². The standard InChI is InChI=1S/C22H20ClN5O2/c1-2-4-19-25-26-20-21(29)24-17-11-13(7-8-18(17)28(19)20)22(30)27-10-9-15-14(12-27)5-3-6-16(15)23/h3,5-8,11H,2,4,9-10,12H2,1H3,(H,24,29). The summed E-state index contributed by atoms with van der Waals surface area (Å²) in [6, 6.07) is 11.2. The molecule has 2 aromatic heterocycles. The molecule has 3 heterocycles. The first-order chi connectivity index (χ1) is 14.6. The van der Waals surface area contributed by atoms with Crippen LogP contribution in [0.5, 0.6) is 0 Å². The number of carbonyl (C=O) groups is 1. The lowest BCUT2D eigenvalue weighted by molar-refractivity contribution is 0.0735. The molecule has 0 bridgehead atoms. The Morgan fingerprint density at radius 3 is 2.93 bits per heavy atom. The fraction of sp³-hybridized carbons (Fsp3) is 0.273. The van der Waals surface area contributed by atoms with Crippen LogP contribution < -0.4 is 5.56 Å². The van der Waals surface area contributed by atoms with Crippen LogP contribution in [-0.4, -0.2) is 36.9 Å². The molecule has 0 aliphatic carbocycles. The molecular weight excluding hydrogens is 402 g/mol. The predicted molar refractivity (Wildman–Crippen MR) is 115 cm³/mol. The molecule has 5 rings (SSSR count). The molecule has 0 spiro atoms. The van der Waals surface area contributed by atoms with Crippen LogP contribution in [0.3, 0.4) is 0 Å². The molecule has 1 N–H and O–H groups in total. The van der Waals surface area contributed by atoms with Crippen LogP contribution in [0.1, 0.15) is 40.7 Å². The summed E-state index contributed by atoms with van der Waals surface area (Å²) in [5, 5.41) is 8.95. The molecular formula is C22H20ClN5O2. The maximum Gasteiger partial charge on any atom is 0.294 e. The van der Waals surface area contributed by atoms with Gasteiger partial charge < -0.3 is 9.88 Å². The summed E-state index contributed by atoms with van der Waals surface area (Å²) in [5.74, 6) is 0.674. The van der Waals surface area contributed by atoms with E-state index in [9.17, 15) is 9.59 Å². The maximum absolute atomic E-state index is 13.2. The van der Waals surface area contributed by atoms with Crippen LogP contribution in [0.2, 0.25) is 5.02 Å². The lowest BCUT2D eigenvalue weighted by Gasteiger charge is -2.29. The molecule has 0 saturated carbocycles. The summed E-state index contributed by atoms with van der Waals surface area (Å²) in [5.41, 5.74) is 4.06. The van der Waals surface area contributed by atoms with E-state index in [-0.39, 0.29) is 17.1 Å². The molecule has 30 heavy (non-hydrogen) atoms. The summed E-state index contributed by atoms with van der Waals surface area (Å²) >= 11 is 6.29. The van der Waals surface area contributed by atoms with Crippen molar-refractivity contribution in [2.45, 2.75) is 32.7 Å². The van der Waals surface area contributed by atoms with Gasteiger partial charge in [0.25, 0.3) is 11.5 Å². The minimum absolute atomic E-state index is 0.0685. The van der Waals surface area contributed by atoms with Crippen LogP contribution in [0, 0.1) is 0 Å². The topological polar surface area (TPSA) is 83.4 Å². The Bertz CT molecular complexity index is 1360. The van der Waals surface area contributed by atoms with E-state index < -0.39 is 0 Å². The van der Waals surface area contributed by atoms with Gasteiger partial charge in [-0.2, -0.15) is 0 Å². The van der Waals surface area contributed by atoms with Crippen molar-refractivity contribution in [3.63, 3.8) is 0 Å². The van der Waals surface area contributed by atoms with Gasteiger partial charge in [-0.05, 0) is 48.2 Å². The largest absolute Gasteiger partial charge is 0.334 e. The maximum atomic E-state index is 13.2. The van der Waals surface area contributed by atoms with Gasteiger partial charge in [-0.25, -0.2) is 0 Å². The number of amides is 1. The van der Waals surface area contributed by atoms with Crippen LogP contribution in [0.15, 0.2) is 41.2 Å². The molecule has 0 saturated heterocycles. The van der Waals surface area contributed by atoms with E-state index in [4.69, 9.17) is 11.6 Å². The summed E-state index contributed by atoms with van der Waals surface area (Å²) < 4.78 is 1.78. The summed E-state index contributed by atoms with van der Waals surface area (Å²) in [4.78, 5) is 30.3. The van der Waals surface area contributed by atoms with Gasteiger partial charge in [0.1, 0.15) is 5.82 Å². The minimum atomic E-state index is -0.316. The number of aromatic nitrogens is 4. The Kier molecular flexibility index (Phi) is 4.55. The number of aromatic amines is 1. The lowest BCUT2D eigenvalue weighted by atomic mass is 9.99. The minimum Gasteiger partial charge on any atom is -0.334 e. The second-order valence-corrected chi connectivity index (χ2v) is 7.97. The first kappa shape index (κ1) is 18.8. The zero-order valence-corrected chi connectivity index (χ0v) is 17.2. The number of rotatable bonds is 3. The number of hydrogen-bond acceptors (Lipinski definition) is 4. The van der Waals surface area contributed by atoms with Gasteiger partial charge in [0, 0.05) is 30.1 Å². The van der Waals surface area contributed by atoms with Gasteiger partial charge in [0.2, 0.25) is 5.65 Å². The van der Waals surface area contributed by atoms with E-state index in [1.807, 2.05) is 29.2 Å². The Morgan fingerprint density at radius 2 is 2.10 bits per heavy atom. The SMILES string of the molecule is CCCc1nnc2c(=O)[nH]c3cc(C(=O)N4CCc5c(Cl)cccc5C4)ccc3n12. The third-order valence-electron chi connectivity index (χ3n) is 5.64. The number of H-pyrrole nitrogens is 1. The summed E-state index contributed by atoms with van der Waals surface area (Å²) in [6.45, 7) is 3.18. The summed E-state index contributed by atoms with van der Waals surface area (Å²) in [7, 11) is 0. The molecule has 0 radical (unpaired) electrons. The molecule has 8 heteroatoms. The molecule has 7 nitrogen and oxygen atoms in total. The van der Waals surface area contributed by atoms with Crippen molar-refractivity contribution in [2.24, 2.45) is 0 Å². The zero-order chi connectivity index (χ0) is 20.8. The Balaban J connectivity index is 1.54. The van der Waals surface area contributed by atoms with Crippen molar-refractivity contribution < 1.29 is 4.79 Å². The molecule has 1 amide bonds. The highest BCUT2D eigenvalue weighted by atomic mass is 35.5. The third kappa shape index (κ3) is 2.97. The molecule has 152 valence electrons. The first-order valence-electron chi connectivity index (χ1n) is 10.0. The van der Waals surface area contributed by atoms with E-state index in [0.717, 1.165) is 46.8 Å². The van der Waals surface area contributed by atoms with Crippen molar-refractivity contribution in [1.29, 1.82) is 0 Å². The second-order valence-electron chi connectivity index (χ2n) is 7.57. The second kappa shape index (κ2) is 7.25. The summed E-state index contributed by atoms with van der Waals surface area (Å²) in [6.07, 6.45) is 2.34. The van der Waals surface area contributed by atoms with Crippen LogP contribution in [0.4, 0.5) is 0 Å². The van der Waals surface area contributed by atoms with Crippen molar-refractivity contribution in [1.82, 2.24) is 24.5 Å². The number of fused-ring (bicyclic) bond motifs is 4. The quantitative estimate of drug-likeness (QED) is 0.549. The highest BCUT2D eigenvalue weighted by molar-refractivity contribution is 6.31. The van der Waals surface area contributed by atoms with E-state index >= 15 is 0 Å². The number of nitrogens with one attached hydrogen (secondary N) is 1. The molecule has 0 atom stereocenters. The van der Waals surface area contributed by atoms with Crippen LogP contribution in [0.25, 0.3) is 16.7 Å². The third-order valence-corrected chi connectivity index (χ3v) is 5.99. The lowest BCUT2D eigenvalue weighted by Crippen LogP contribution is -2.36. The van der Waals surface area contributed by atoms with Gasteiger partial charge >= 0.3 is 0 Å². The molecule has 0 unspecified atom stereocenters. The van der Waals surface area contributed by atoms with Gasteiger partial charge in [-0.3, -0.25) is 14.0 Å². The first-order valence-corrected chi connectivity index (χ1v) is 10.4. The van der Waals surface area contributed by atoms with Gasteiger partial charge in [0.15, 0.2) is 0 Å². The normalized spacial score (nSPS) is 13.7. The number of nitrogens with zero attached hydrogens (tertiary/aromatic N) is 4. The molecule has 2 aromatic carbocycles. The number of halogens is 1. The smallest absolute Gasteiger partial charge is 0.294 e. The molecule has 4 aromatic rings. The van der Waals surface area contributed by atoms with E-state index in [1.165, 1.54) is 0 Å². The van der Waals surface area contributed by atoms with Gasteiger partial charge in [0.05, 0.1) is 11.0 Å². The van der Waals surface area contributed by atoms with E-state index in [0.29, 0.717) is 24.2 Å². The average molecular weight is 422 g/mol. The van der Waals surface area contributed by atoms with Gasteiger partial charge in [-0.15, -0.1) is 10.2 Å². The Morgan fingerprint density at radius 1 is 1.23 bits per heavy atom. The average Bonchev–Trinajstić information content (AvgIpc) is 3.18. The number of aryl methyl sites for hydroxylation is 1. The molecule has 1 aliphatic rings. The number of benzene rings is 2. The highest BCUT2D eigenvalue weighted by Crippen LogP contribution is 2.27. The zero-order valence-electron chi connectivity index (χ0n) is 16.5. The Hall–Kier alpha value is -3.19. The van der Waals surface area contributed by atoms with Crippen molar-refractivity contribution >= 4 is 34.2 Å². The fourth-order valence-electron chi connectivity index (χ4n) is 4.16. The van der Waals surface area contributed by atoms with E-state index in [1.54, 1.807) is 16.5 Å². The number of carbonyl (C=O) groups excluding carboxylic acids is 1. The fourth-order valence-corrected chi connectivity index (χ4v) is 4.45.